The number of hydrogen-bond acceptors (Lipinski definition) is 3. The third kappa shape index (κ3) is 3.35. The van der Waals surface area contributed by atoms with Crippen molar-refractivity contribution in [2.24, 2.45) is 0 Å². The molecule has 0 N–H and O–H groups in total. The molecule has 1 aromatic carbocycles. The molecule has 3 heteroatoms. The fourth-order valence-electron chi connectivity index (χ4n) is 3.75. The van der Waals surface area contributed by atoms with E-state index in [0.29, 0.717) is 12.6 Å². The molecule has 2 aliphatic rings. The minimum atomic E-state index is 0.280. The monoisotopic (exact) mass is 286 g/mol. The zero-order valence-corrected chi connectivity index (χ0v) is 13.3. The first-order chi connectivity index (χ1) is 10.1. The van der Waals surface area contributed by atoms with E-state index in [1.807, 2.05) is 13.0 Å². The first-order valence-electron chi connectivity index (χ1n) is 8.20. The number of hydrogen-bond donors (Lipinski definition) is 0. The maximum Gasteiger partial charge on any atom is 0.177 e. The van der Waals surface area contributed by atoms with Crippen molar-refractivity contribution in [3.05, 3.63) is 34.9 Å². The molecule has 0 aliphatic carbocycles. The summed E-state index contributed by atoms with van der Waals surface area (Å²) in [5.41, 5.74) is 3.17. The normalized spacial score (nSPS) is 23.8. The summed E-state index contributed by atoms with van der Waals surface area (Å²) in [7, 11) is 0. The quantitative estimate of drug-likeness (QED) is 0.798. The van der Waals surface area contributed by atoms with E-state index >= 15 is 0 Å². The lowest BCUT2D eigenvalue weighted by atomic mass is 10.0. The average Bonchev–Trinajstić information content (AvgIpc) is 2.80. The van der Waals surface area contributed by atoms with Crippen LogP contribution in [0.4, 0.5) is 0 Å². The highest BCUT2D eigenvalue weighted by Gasteiger charge is 2.29. The predicted octanol–water partition coefficient (Wildman–Crippen LogP) is 2.66. The summed E-state index contributed by atoms with van der Waals surface area (Å²) in [6, 6.07) is 6.86. The molecule has 3 rings (SSSR count). The highest BCUT2D eigenvalue weighted by molar-refractivity contribution is 5.99. The fraction of sp³-hybridized carbons (Fsp3) is 0.611. The van der Waals surface area contributed by atoms with Gasteiger partial charge in [0.2, 0.25) is 0 Å². The topological polar surface area (TPSA) is 23.6 Å². The number of fused-ring (bicyclic) bond motifs is 1. The van der Waals surface area contributed by atoms with Crippen molar-refractivity contribution in [1.29, 1.82) is 0 Å². The van der Waals surface area contributed by atoms with E-state index in [-0.39, 0.29) is 5.78 Å². The van der Waals surface area contributed by atoms with Crippen molar-refractivity contribution in [3.63, 3.8) is 0 Å². The van der Waals surface area contributed by atoms with Crippen LogP contribution in [0.15, 0.2) is 18.2 Å². The molecular weight excluding hydrogens is 260 g/mol. The van der Waals surface area contributed by atoms with Crippen molar-refractivity contribution < 1.29 is 4.79 Å². The van der Waals surface area contributed by atoms with Gasteiger partial charge in [0.1, 0.15) is 0 Å². The van der Waals surface area contributed by atoms with E-state index in [0.717, 1.165) is 24.2 Å². The summed E-state index contributed by atoms with van der Waals surface area (Å²) < 4.78 is 0. The van der Waals surface area contributed by atoms with Crippen LogP contribution in [-0.4, -0.2) is 54.3 Å². The van der Waals surface area contributed by atoms with Crippen molar-refractivity contribution >= 4 is 5.78 Å². The van der Waals surface area contributed by atoms with Gasteiger partial charge >= 0.3 is 0 Å². The van der Waals surface area contributed by atoms with Crippen molar-refractivity contribution in [2.75, 3.05) is 32.7 Å². The molecule has 1 aromatic rings. The van der Waals surface area contributed by atoms with Crippen LogP contribution in [0.5, 0.6) is 0 Å². The third-order valence-corrected chi connectivity index (χ3v) is 4.95. The van der Waals surface area contributed by atoms with Gasteiger partial charge in [0.25, 0.3) is 0 Å². The first kappa shape index (κ1) is 14.7. The molecule has 3 nitrogen and oxygen atoms in total. The molecule has 0 spiro atoms. The Morgan fingerprint density at radius 1 is 1.19 bits per heavy atom. The van der Waals surface area contributed by atoms with Crippen LogP contribution >= 0.6 is 0 Å². The molecule has 2 heterocycles. The Morgan fingerprint density at radius 2 is 2.00 bits per heavy atom. The molecule has 2 fully saturated rings. The molecule has 0 aromatic heterocycles. The Bertz CT molecular complexity index is 526. The van der Waals surface area contributed by atoms with Crippen LogP contribution in [-0.2, 0) is 0 Å². The minimum Gasteiger partial charge on any atom is -0.299 e. The summed E-state index contributed by atoms with van der Waals surface area (Å²) in [5, 5.41) is 0. The van der Waals surface area contributed by atoms with Crippen LogP contribution in [0.2, 0.25) is 0 Å². The molecule has 0 radical (unpaired) electrons. The van der Waals surface area contributed by atoms with Crippen LogP contribution in [0, 0.1) is 13.8 Å². The number of nitrogens with zero attached hydrogens (tertiary/aromatic N) is 2. The molecule has 21 heavy (non-hydrogen) atoms. The molecule has 0 amide bonds. The second kappa shape index (κ2) is 6.29. The molecule has 1 unspecified atom stereocenters. The molecule has 0 saturated carbocycles. The van der Waals surface area contributed by atoms with Crippen molar-refractivity contribution in [1.82, 2.24) is 9.80 Å². The fourth-order valence-corrected chi connectivity index (χ4v) is 3.75. The number of aryl methyl sites for hydroxylation is 2. The van der Waals surface area contributed by atoms with Gasteiger partial charge in [0.05, 0.1) is 6.54 Å². The van der Waals surface area contributed by atoms with Gasteiger partial charge < -0.3 is 0 Å². The van der Waals surface area contributed by atoms with Gasteiger partial charge in [-0.3, -0.25) is 14.6 Å². The molecule has 114 valence electrons. The maximum absolute atomic E-state index is 12.6. The van der Waals surface area contributed by atoms with E-state index in [2.05, 4.69) is 28.9 Å². The Morgan fingerprint density at radius 3 is 2.86 bits per heavy atom. The lowest BCUT2D eigenvalue weighted by Gasteiger charge is -2.25. The van der Waals surface area contributed by atoms with Crippen molar-refractivity contribution in [3.8, 4) is 0 Å². The Kier molecular flexibility index (Phi) is 4.41. The summed E-state index contributed by atoms with van der Waals surface area (Å²) in [4.78, 5) is 17.6. The number of carbonyl (C=O) groups is 1. The highest BCUT2D eigenvalue weighted by atomic mass is 16.1. The van der Waals surface area contributed by atoms with E-state index in [1.54, 1.807) is 0 Å². The summed E-state index contributed by atoms with van der Waals surface area (Å²) in [6.07, 6.45) is 3.81. The van der Waals surface area contributed by atoms with E-state index < -0.39 is 0 Å². The minimum absolute atomic E-state index is 0.280. The molecule has 2 saturated heterocycles. The summed E-state index contributed by atoms with van der Waals surface area (Å²) >= 11 is 0. The van der Waals surface area contributed by atoms with Gasteiger partial charge in [-0.05, 0) is 64.4 Å². The number of ketones is 1. The van der Waals surface area contributed by atoms with Crippen LogP contribution < -0.4 is 0 Å². The number of benzene rings is 1. The predicted molar refractivity (Wildman–Crippen MR) is 85.9 cm³/mol. The zero-order chi connectivity index (χ0) is 14.8. The van der Waals surface area contributed by atoms with E-state index in [4.69, 9.17) is 0 Å². The Hall–Kier alpha value is -1.19. The Labute approximate surface area is 127 Å². The SMILES string of the molecule is Cc1ccc(C)c(C(=O)CN2CCCN3CCCC3C2)c1. The van der Waals surface area contributed by atoms with Crippen LogP contribution in [0.3, 0.4) is 0 Å². The summed E-state index contributed by atoms with van der Waals surface area (Å²) in [5.74, 6) is 0.280. The number of carbonyl (C=O) groups excluding carboxylic acids is 1. The smallest absolute Gasteiger partial charge is 0.177 e. The second-order valence-electron chi connectivity index (χ2n) is 6.66. The van der Waals surface area contributed by atoms with Gasteiger partial charge in [-0.2, -0.15) is 0 Å². The van der Waals surface area contributed by atoms with Crippen LogP contribution in [0.25, 0.3) is 0 Å². The zero-order valence-electron chi connectivity index (χ0n) is 13.3. The maximum atomic E-state index is 12.6. The van der Waals surface area contributed by atoms with E-state index in [1.165, 1.54) is 37.9 Å². The molecule has 1 atom stereocenters. The molecule has 2 aliphatic heterocycles. The number of rotatable bonds is 3. The van der Waals surface area contributed by atoms with Gasteiger partial charge in [-0.25, -0.2) is 0 Å². The van der Waals surface area contributed by atoms with E-state index in [9.17, 15) is 4.79 Å². The van der Waals surface area contributed by atoms with Gasteiger partial charge in [0.15, 0.2) is 5.78 Å². The highest BCUT2D eigenvalue weighted by Crippen LogP contribution is 2.21. The summed E-state index contributed by atoms with van der Waals surface area (Å²) in [6.45, 7) is 9.25. The average molecular weight is 286 g/mol. The molecule has 0 bridgehead atoms. The van der Waals surface area contributed by atoms with Gasteiger partial charge in [0, 0.05) is 18.2 Å². The van der Waals surface area contributed by atoms with Crippen molar-refractivity contribution in [2.45, 2.75) is 39.2 Å². The number of Topliss-reactive ketones (excluding diaryl/α,β-unsaturated/α-hetero) is 1. The standard InChI is InChI=1S/C18H26N2O/c1-14-6-7-15(2)17(11-14)18(21)13-19-8-4-10-20-9-3-5-16(20)12-19/h6-7,11,16H,3-5,8-10,12-13H2,1-2H3. The Balaban J connectivity index is 1.67. The molecular formula is C18H26N2O. The van der Waals surface area contributed by atoms with Crippen LogP contribution in [0.1, 0.15) is 40.7 Å². The lowest BCUT2D eigenvalue weighted by Crippen LogP contribution is -2.38. The van der Waals surface area contributed by atoms with Gasteiger partial charge in [-0.1, -0.05) is 17.7 Å². The largest absolute Gasteiger partial charge is 0.299 e. The third-order valence-electron chi connectivity index (χ3n) is 4.95. The first-order valence-corrected chi connectivity index (χ1v) is 8.20. The lowest BCUT2D eigenvalue weighted by molar-refractivity contribution is 0.0924. The van der Waals surface area contributed by atoms with Gasteiger partial charge in [-0.15, -0.1) is 0 Å². The second-order valence-corrected chi connectivity index (χ2v) is 6.66.